The lowest BCUT2D eigenvalue weighted by atomic mass is 10.1. The van der Waals surface area contributed by atoms with Crippen LogP contribution in [0.1, 0.15) is 32.2 Å². The zero-order chi connectivity index (χ0) is 20.8. The van der Waals surface area contributed by atoms with Gasteiger partial charge in [0.2, 0.25) is 0 Å². The Morgan fingerprint density at radius 3 is 2.52 bits per heavy atom. The normalized spacial score (nSPS) is 10.4. The molecule has 0 aliphatic rings. The Balaban J connectivity index is 1.47. The summed E-state index contributed by atoms with van der Waals surface area (Å²) in [6.45, 7) is 5.85. The molecule has 0 spiro atoms. The van der Waals surface area contributed by atoms with Crippen LogP contribution in [0.3, 0.4) is 0 Å². The molecule has 2 aromatic carbocycles. The van der Waals surface area contributed by atoms with Crippen molar-refractivity contribution in [3.8, 4) is 5.75 Å². The average Bonchev–Trinajstić information content (AvgIpc) is 3.18. The molecule has 1 N–H and O–H groups in total. The van der Waals surface area contributed by atoms with Gasteiger partial charge in [0.1, 0.15) is 17.4 Å². The third-order valence-corrected chi connectivity index (χ3v) is 5.09. The van der Waals surface area contributed by atoms with Gasteiger partial charge in [-0.3, -0.25) is 4.79 Å². The number of esters is 1. The van der Waals surface area contributed by atoms with E-state index >= 15 is 0 Å². The monoisotopic (exact) mass is 410 g/mol. The van der Waals surface area contributed by atoms with Crippen LogP contribution in [0.2, 0.25) is 0 Å². The molecule has 3 aromatic rings. The number of nitrogens with one attached hydrogen (secondary N) is 1. The molecule has 0 unspecified atom stereocenters. The number of hydrogen-bond donors (Lipinski definition) is 1. The summed E-state index contributed by atoms with van der Waals surface area (Å²) in [5.74, 6) is -0.309. The Kier molecular flexibility index (Phi) is 6.61. The minimum absolute atomic E-state index is 0.163. The summed E-state index contributed by atoms with van der Waals surface area (Å²) in [6.07, 6.45) is 0. The highest BCUT2D eigenvalue weighted by Gasteiger charge is 2.15. The SMILES string of the molecule is Cc1ccc(OCc2nc(C(=O)OCC(=O)Nc3ccc(C)c(C)c3)cs2)cc1. The fourth-order valence-corrected chi connectivity index (χ4v) is 3.15. The lowest BCUT2D eigenvalue weighted by Crippen LogP contribution is -2.21. The Morgan fingerprint density at radius 2 is 1.79 bits per heavy atom. The molecule has 0 fully saturated rings. The van der Waals surface area contributed by atoms with Crippen LogP contribution in [0, 0.1) is 20.8 Å². The van der Waals surface area contributed by atoms with E-state index in [4.69, 9.17) is 9.47 Å². The largest absolute Gasteiger partial charge is 0.486 e. The van der Waals surface area contributed by atoms with Crippen molar-refractivity contribution >= 4 is 28.9 Å². The van der Waals surface area contributed by atoms with Gasteiger partial charge >= 0.3 is 5.97 Å². The molecule has 3 rings (SSSR count). The van der Waals surface area contributed by atoms with E-state index in [1.807, 2.05) is 63.2 Å². The number of carbonyl (C=O) groups excluding carboxylic acids is 2. The summed E-state index contributed by atoms with van der Waals surface area (Å²) < 4.78 is 10.7. The predicted molar refractivity (Wildman–Crippen MR) is 112 cm³/mol. The fourth-order valence-electron chi connectivity index (χ4n) is 2.47. The zero-order valence-electron chi connectivity index (χ0n) is 16.5. The summed E-state index contributed by atoms with van der Waals surface area (Å²) in [5, 5.41) is 4.96. The highest BCUT2D eigenvalue weighted by molar-refractivity contribution is 7.09. The van der Waals surface area contributed by atoms with Crippen LogP contribution >= 0.6 is 11.3 Å². The Labute approximate surface area is 173 Å². The molecule has 0 aliphatic carbocycles. The van der Waals surface area contributed by atoms with E-state index in [9.17, 15) is 9.59 Å². The standard InChI is InChI=1S/C22H22N2O4S/c1-14-4-8-18(9-5-14)27-12-21-24-19(13-29-21)22(26)28-11-20(25)23-17-7-6-15(2)16(3)10-17/h4-10,13H,11-12H2,1-3H3,(H,23,25). The van der Waals surface area contributed by atoms with Crippen molar-refractivity contribution in [3.05, 3.63) is 75.2 Å². The number of aryl methyl sites for hydroxylation is 3. The number of nitrogens with zero attached hydrogens (tertiary/aromatic N) is 1. The van der Waals surface area contributed by atoms with Crippen molar-refractivity contribution in [1.29, 1.82) is 0 Å². The van der Waals surface area contributed by atoms with Gasteiger partial charge in [-0.05, 0) is 56.2 Å². The maximum Gasteiger partial charge on any atom is 0.358 e. The summed E-state index contributed by atoms with van der Waals surface area (Å²) in [7, 11) is 0. The number of anilines is 1. The minimum atomic E-state index is -0.641. The van der Waals surface area contributed by atoms with Crippen LogP contribution in [0.5, 0.6) is 5.75 Å². The number of benzene rings is 2. The van der Waals surface area contributed by atoms with Gasteiger partial charge in [0.15, 0.2) is 12.3 Å². The third kappa shape index (κ3) is 5.89. The first-order valence-corrected chi connectivity index (χ1v) is 9.97. The predicted octanol–water partition coefficient (Wildman–Crippen LogP) is 4.44. The van der Waals surface area contributed by atoms with Crippen LogP contribution in [0.4, 0.5) is 5.69 Å². The number of thiazole rings is 1. The molecule has 0 radical (unpaired) electrons. The molecule has 1 amide bonds. The van der Waals surface area contributed by atoms with E-state index in [0.29, 0.717) is 10.7 Å². The quantitative estimate of drug-likeness (QED) is 0.583. The number of aromatic nitrogens is 1. The van der Waals surface area contributed by atoms with Crippen molar-refractivity contribution in [3.63, 3.8) is 0 Å². The average molecular weight is 410 g/mol. The maximum absolute atomic E-state index is 12.1. The van der Waals surface area contributed by atoms with Crippen molar-refractivity contribution in [1.82, 2.24) is 4.98 Å². The molecule has 0 saturated heterocycles. The lowest BCUT2D eigenvalue weighted by Gasteiger charge is -2.08. The van der Waals surface area contributed by atoms with Crippen LogP contribution in [0.25, 0.3) is 0 Å². The van der Waals surface area contributed by atoms with E-state index in [1.165, 1.54) is 11.3 Å². The molecule has 0 atom stereocenters. The molecular formula is C22H22N2O4S. The number of amides is 1. The van der Waals surface area contributed by atoms with Crippen molar-refractivity contribution in [2.75, 3.05) is 11.9 Å². The molecule has 29 heavy (non-hydrogen) atoms. The molecule has 1 heterocycles. The van der Waals surface area contributed by atoms with Gasteiger partial charge in [-0.2, -0.15) is 0 Å². The molecule has 150 valence electrons. The minimum Gasteiger partial charge on any atom is -0.486 e. The highest BCUT2D eigenvalue weighted by atomic mass is 32.1. The van der Waals surface area contributed by atoms with Crippen LogP contribution < -0.4 is 10.1 Å². The fraction of sp³-hybridized carbons (Fsp3) is 0.227. The van der Waals surface area contributed by atoms with Gasteiger partial charge in [0, 0.05) is 11.1 Å². The van der Waals surface area contributed by atoms with Crippen LogP contribution in [-0.4, -0.2) is 23.5 Å². The first kappa shape index (κ1) is 20.5. The molecule has 7 heteroatoms. The van der Waals surface area contributed by atoms with Crippen molar-refractivity contribution in [2.45, 2.75) is 27.4 Å². The Bertz CT molecular complexity index is 1010. The van der Waals surface area contributed by atoms with Gasteiger partial charge in [-0.25, -0.2) is 9.78 Å². The number of hydrogen-bond acceptors (Lipinski definition) is 6. The Hall–Kier alpha value is -3.19. The Morgan fingerprint density at radius 1 is 1.03 bits per heavy atom. The first-order valence-electron chi connectivity index (χ1n) is 9.09. The smallest absolute Gasteiger partial charge is 0.358 e. The molecule has 1 aromatic heterocycles. The molecule has 6 nitrogen and oxygen atoms in total. The summed E-state index contributed by atoms with van der Waals surface area (Å²) >= 11 is 1.30. The van der Waals surface area contributed by atoms with Crippen molar-refractivity contribution in [2.24, 2.45) is 0 Å². The maximum atomic E-state index is 12.1. The van der Waals surface area contributed by atoms with E-state index in [2.05, 4.69) is 10.3 Å². The van der Waals surface area contributed by atoms with Crippen molar-refractivity contribution < 1.29 is 19.1 Å². The third-order valence-electron chi connectivity index (χ3n) is 4.27. The van der Waals surface area contributed by atoms with Crippen LogP contribution in [0.15, 0.2) is 47.8 Å². The topological polar surface area (TPSA) is 77.5 Å². The number of rotatable bonds is 7. The van der Waals surface area contributed by atoms with Gasteiger partial charge in [-0.15, -0.1) is 11.3 Å². The zero-order valence-corrected chi connectivity index (χ0v) is 17.3. The first-order chi connectivity index (χ1) is 13.9. The molecule has 0 bridgehead atoms. The summed E-state index contributed by atoms with van der Waals surface area (Å²) in [4.78, 5) is 28.3. The van der Waals surface area contributed by atoms with Gasteiger partial charge in [0.25, 0.3) is 5.91 Å². The highest BCUT2D eigenvalue weighted by Crippen LogP contribution is 2.17. The number of carbonyl (C=O) groups is 2. The molecule has 0 aliphatic heterocycles. The lowest BCUT2D eigenvalue weighted by molar-refractivity contribution is -0.119. The molecular weight excluding hydrogens is 388 g/mol. The summed E-state index contributed by atoms with van der Waals surface area (Å²) in [6, 6.07) is 13.3. The summed E-state index contributed by atoms with van der Waals surface area (Å²) in [5.41, 5.74) is 4.19. The van der Waals surface area contributed by atoms with E-state index in [-0.39, 0.29) is 18.9 Å². The van der Waals surface area contributed by atoms with E-state index in [0.717, 1.165) is 22.4 Å². The number of ether oxygens (including phenoxy) is 2. The van der Waals surface area contributed by atoms with Gasteiger partial charge in [0.05, 0.1) is 0 Å². The van der Waals surface area contributed by atoms with E-state index in [1.54, 1.807) is 5.38 Å². The van der Waals surface area contributed by atoms with E-state index < -0.39 is 11.9 Å². The second-order valence-electron chi connectivity index (χ2n) is 6.65. The van der Waals surface area contributed by atoms with Gasteiger partial charge < -0.3 is 14.8 Å². The van der Waals surface area contributed by atoms with Gasteiger partial charge in [-0.1, -0.05) is 23.8 Å². The second kappa shape index (κ2) is 9.34. The van der Waals surface area contributed by atoms with Crippen LogP contribution in [-0.2, 0) is 16.1 Å². The second-order valence-corrected chi connectivity index (χ2v) is 7.59. The molecule has 0 saturated carbocycles.